The first-order chi connectivity index (χ1) is 5.22. The van der Waals surface area contributed by atoms with E-state index in [1.807, 2.05) is 30.3 Å². The molecule has 58 valence electrons. The fourth-order valence-electron chi connectivity index (χ4n) is 0.716. The van der Waals surface area contributed by atoms with Gasteiger partial charge >= 0.3 is 72.8 Å². The summed E-state index contributed by atoms with van der Waals surface area (Å²) in [4.78, 5) is 0. The monoisotopic (exact) mass is 215 g/mol. The summed E-state index contributed by atoms with van der Waals surface area (Å²) in [6.45, 7) is 0. The normalized spacial score (nSPS) is 9.18. The van der Waals surface area contributed by atoms with Gasteiger partial charge in [-0.05, 0) is 0 Å². The molecule has 4 N–H and O–H groups in total. The molecular formula is C7H9N3Se. The van der Waals surface area contributed by atoms with Crippen LogP contribution >= 0.6 is 0 Å². The first-order valence-corrected chi connectivity index (χ1v) is 3.97. The second-order valence-corrected chi connectivity index (χ2v) is 2.92. The molecule has 0 fully saturated rings. The molecular weight excluding hydrogens is 205 g/mol. The van der Waals surface area contributed by atoms with Gasteiger partial charge in [0.05, 0.1) is 0 Å². The van der Waals surface area contributed by atoms with E-state index < -0.39 is 0 Å². The van der Waals surface area contributed by atoms with Gasteiger partial charge in [-0.2, -0.15) is 0 Å². The first-order valence-electron chi connectivity index (χ1n) is 3.11. The van der Waals surface area contributed by atoms with Crippen LogP contribution in [0, 0.1) is 0 Å². The summed E-state index contributed by atoms with van der Waals surface area (Å²) in [5.74, 6) is 5.58. The minimum absolute atomic E-state index is 0.455. The maximum absolute atomic E-state index is 5.58. The topological polar surface area (TPSA) is 55.3 Å². The standard InChI is InChI=1S/C7H9N3Se/c8-7(11)10(9)6-4-2-1-3-5-6/h1-5H,9H2,(H2,8,11). The fourth-order valence-corrected chi connectivity index (χ4v) is 0.937. The summed E-state index contributed by atoms with van der Waals surface area (Å²) >= 11 is 2.63. The SMILES string of the molecule is NC(=[Se])N(N)c1ccccc1. The number of anilines is 1. The summed E-state index contributed by atoms with van der Waals surface area (Å²) in [6.07, 6.45) is 0. The molecule has 4 heteroatoms. The van der Waals surface area contributed by atoms with Crippen LogP contribution in [0.5, 0.6) is 0 Å². The molecule has 0 saturated carbocycles. The average Bonchev–Trinajstić information content (AvgIpc) is 2.05. The molecule has 0 aliphatic carbocycles. The van der Waals surface area contributed by atoms with Gasteiger partial charge in [-0.15, -0.1) is 0 Å². The van der Waals surface area contributed by atoms with Crippen molar-refractivity contribution in [2.24, 2.45) is 11.6 Å². The van der Waals surface area contributed by atoms with Crippen LogP contribution in [0.15, 0.2) is 30.3 Å². The summed E-state index contributed by atoms with van der Waals surface area (Å²) < 4.78 is 0.455. The van der Waals surface area contributed by atoms with E-state index in [2.05, 4.69) is 15.6 Å². The third kappa shape index (κ3) is 2.05. The first kappa shape index (κ1) is 8.27. The third-order valence-electron chi connectivity index (χ3n) is 1.27. The molecule has 0 bridgehead atoms. The van der Waals surface area contributed by atoms with E-state index in [1.165, 1.54) is 5.01 Å². The quantitative estimate of drug-likeness (QED) is 0.399. The Kier molecular flexibility index (Phi) is 2.65. The molecule has 0 radical (unpaired) electrons. The van der Waals surface area contributed by atoms with E-state index in [4.69, 9.17) is 11.6 Å². The molecule has 0 atom stereocenters. The van der Waals surface area contributed by atoms with E-state index >= 15 is 0 Å². The van der Waals surface area contributed by atoms with Gasteiger partial charge in [0.15, 0.2) is 0 Å². The number of rotatable bonds is 2. The van der Waals surface area contributed by atoms with E-state index in [9.17, 15) is 0 Å². The van der Waals surface area contributed by atoms with Gasteiger partial charge in [0.2, 0.25) is 0 Å². The third-order valence-corrected chi connectivity index (χ3v) is 1.68. The Morgan fingerprint density at radius 3 is 2.27 bits per heavy atom. The maximum atomic E-state index is 5.58. The molecule has 3 nitrogen and oxygen atoms in total. The van der Waals surface area contributed by atoms with E-state index in [0.717, 1.165) is 5.69 Å². The van der Waals surface area contributed by atoms with Crippen LogP contribution < -0.4 is 16.6 Å². The Morgan fingerprint density at radius 1 is 1.27 bits per heavy atom. The molecule has 1 aromatic carbocycles. The van der Waals surface area contributed by atoms with Gasteiger partial charge in [-0.25, -0.2) is 0 Å². The molecule has 0 amide bonds. The minimum atomic E-state index is 0.455. The van der Waals surface area contributed by atoms with Gasteiger partial charge in [0.25, 0.3) is 0 Å². The van der Waals surface area contributed by atoms with Crippen LogP contribution in [0.2, 0.25) is 0 Å². The predicted molar refractivity (Wildman–Crippen MR) is 48.1 cm³/mol. The molecule has 0 saturated heterocycles. The van der Waals surface area contributed by atoms with Gasteiger partial charge in [-0.3, -0.25) is 0 Å². The van der Waals surface area contributed by atoms with Crippen LogP contribution in [-0.4, -0.2) is 20.2 Å². The van der Waals surface area contributed by atoms with Crippen molar-refractivity contribution >= 4 is 25.9 Å². The van der Waals surface area contributed by atoms with E-state index in [0.29, 0.717) is 4.67 Å². The average molecular weight is 214 g/mol. The van der Waals surface area contributed by atoms with Crippen molar-refractivity contribution in [2.75, 3.05) is 5.01 Å². The Morgan fingerprint density at radius 2 is 1.82 bits per heavy atom. The van der Waals surface area contributed by atoms with Crippen molar-refractivity contribution in [2.45, 2.75) is 0 Å². The number of para-hydroxylation sites is 1. The Bertz CT molecular complexity index is 247. The number of nitrogens with zero attached hydrogens (tertiary/aromatic N) is 1. The fraction of sp³-hybridized carbons (Fsp3) is 0. The molecule has 0 unspecified atom stereocenters. The summed E-state index contributed by atoms with van der Waals surface area (Å²) in [6, 6.07) is 9.48. The van der Waals surface area contributed by atoms with E-state index in [1.54, 1.807) is 0 Å². The summed E-state index contributed by atoms with van der Waals surface area (Å²) in [7, 11) is 0. The number of hydrazine groups is 1. The van der Waals surface area contributed by atoms with Crippen molar-refractivity contribution in [3.05, 3.63) is 30.3 Å². The van der Waals surface area contributed by atoms with Gasteiger partial charge in [0, 0.05) is 0 Å². The zero-order valence-electron chi connectivity index (χ0n) is 5.90. The zero-order valence-corrected chi connectivity index (χ0v) is 7.61. The van der Waals surface area contributed by atoms with Crippen molar-refractivity contribution < 1.29 is 0 Å². The van der Waals surface area contributed by atoms with Crippen LogP contribution in [0.1, 0.15) is 0 Å². The second kappa shape index (κ2) is 3.53. The molecule has 0 heterocycles. The molecule has 0 aliphatic heterocycles. The van der Waals surface area contributed by atoms with Crippen LogP contribution in [0.25, 0.3) is 0 Å². The zero-order chi connectivity index (χ0) is 8.27. The van der Waals surface area contributed by atoms with Gasteiger partial charge < -0.3 is 0 Å². The van der Waals surface area contributed by atoms with Crippen LogP contribution in [0.3, 0.4) is 0 Å². The van der Waals surface area contributed by atoms with Crippen LogP contribution in [0.4, 0.5) is 5.69 Å². The summed E-state index contributed by atoms with van der Waals surface area (Å²) in [5, 5.41) is 1.39. The van der Waals surface area contributed by atoms with Crippen molar-refractivity contribution in [3.63, 3.8) is 0 Å². The predicted octanol–water partition coefficient (Wildman–Crippen LogP) is -0.419. The number of hydrogen-bond acceptors (Lipinski definition) is 3. The van der Waals surface area contributed by atoms with Gasteiger partial charge in [0.1, 0.15) is 0 Å². The number of hydrogen-bond donors (Lipinski definition) is 2. The number of nitrogens with two attached hydrogens (primary N) is 2. The Hall–Kier alpha value is -0.831. The molecule has 1 rings (SSSR count). The molecule has 1 aromatic rings. The van der Waals surface area contributed by atoms with Crippen molar-refractivity contribution in [1.82, 2.24) is 0 Å². The molecule has 0 aromatic heterocycles. The molecule has 0 spiro atoms. The van der Waals surface area contributed by atoms with Crippen molar-refractivity contribution in [1.29, 1.82) is 0 Å². The Labute approximate surface area is 73.3 Å². The van der Waals surface area contributed by atoms with E-state index in [-0.39, 0.29) is 0 Å². The molecule has 11 heavy (non-hydrogen) atoms. The summed E-state index contributed by atoms with van der Waals surface area (Å²) in [5.41, 5.74) is 6.29. The van der Waals surface area contributed by atoms with Crippen LogP contribution in [-0.2, 0) is 0 Å². The van der Waals surface area contributed by atoms with Gasteiger partial charge in [-0.1, -0.05) is 0 Å². The second-order valence-electron chi connectivity index (χ2n) is 2.04. The molecule has 0 aliphatic rings. The number of benzene rings is 1. The van der Waals surface area contributed by atoms with Crippen molar-refractivity contribution in [3.8, 4) is 0 Å². The Balaban J connectivity index is 2.85.